The smallest absolute Gasteiger partial charge is 0.268 e. The lowest BCUT2D eigenvalue weighted by molar-refractivity contribution is -0.870. The molecule has 0 aromatic carbocycles. The number of hydrogen-bond acceptors (Lipinski definition) is 6. The fraction of sp³-hybridized carbons (Fsp3) is 0.912. The van der Waals surface area contributed by atoms with Crippen LogP contribution in [0.3, 0.4) is 0 Å². The van der Waals surface area contributed by atoms with Gasteiger partial charge in [0.15, 0.2) is 0 Å². The molecule has 0 heterocycles. The van der Waals surface area contributed by atoms with Crippen LogP contribution in [0.5, 0.6) is 0 Å². The molecule has 3 unspecified atom stereocenters. The Bertz CT molecular complexity index is 1550. The van der Waals surface area contributed by atoms with E-state index in [2.05, 4.69) is 43.5 Å². The maximum Gasteiger partial charge on any atom is 0.268 e. The number of unbranched alkanes of at least 4 members (excludes halogenated alkanes) is 58. The molecule has 0 spiro atoms. The summed E-state index contributed by atoms with van der Waals surface area (Å²) in [5, 5.41) is 14.0. The first kappa shape index (κ1) is 87.7. The molecule has 2 N–H and O–H groups in total. The second-order valence-electron chi connectivity index (χ2n) is 28.8. The van der Waals surface area contributed by atoms with Crippen molar-refractivity contribution in [1.29, 1.82) is 0 Å². The summed E-state index contributed by atoms with van der Waals surface area (Å²) in [6.45, 7) is 4.69. The predicted molar refractivity (Wildman–Crippen MR) is 390 cm³/mol. The lowest BCUT2D eigenvalue weighted by Gasteiger charge is -2.29. The van der Waals surface area contributed by atoms with Gasteiger partial charge in [-0.1, -0.05) is 403 Å². The van der Waals surface area contributed by atoms with Crippen molar-refractivity contribution in [3.8, 4) is 0 Å². The number of likely N-dealkylation sites (N-methyl/N-ethyl adjacent to an activating group) is 1. The molecule has 3 atom stereocenters. The van der Waals surface area contributed by atoms with Crippen LogP contribution in [0, 0.1) is 0 Å². The molecule has 8 nitrogen and oxygen atoms in total. The first-order chi connectivity index (χ1) is 43.5. The SMILES string of the molecule is CCCCCCCCCCCCCCCCCCC/C=C/CC/C=C/CC/C=C/C(O)C(COP(=O)([O-])OCC[N+](C)(C)C)NC(=O)CCCCCCCCCCCCCCCCCCCCCCCCCCCCCCCCCCCCCCCCCC. The van der Waals surface area contributed by atoms with Crippen molar-refractivity contribution in [2.45, 2.75) is 431 Å². The van der Waals surface area contributed by atoms with Crippen LogP contribution in [-0.2, 0) is 18.4 Å². The highest BCUT2D eigenvalue weighted by Crippen LogP contribution is 2.38. The van der Waals surface area contributed by atoms with E-state index >= 15 is 0 Å². The van der Waals surface area contributed by atoms with E-state index in [4.69, 9.17) is 9.05 Å². The number of rotatable bonds is 75. The highest BCUT2D eigenvalue weighted by Gasteiger charge is 2.23. The Morgan fingerprint density at radius 2 is 0.629 bits per heavy atom. The summed E-state index contributed by atoms with van der Waals surface area (Å²) in [6, 6.07) is -0.910. The number of phosphoric ester groups is 1. The first-order valence-corrected chi connectivity index (χ1v) is 41.3. The molecule has 0 saturated heterocycles. The molecule has 0 bridgehead atoms. The number of allylic oxidation sites excluding steroid dienone is 5. The summed E-state index contributed by atoms with van der Waals surface area (Å²) >= 11 is 0. The molecule has 1 amide bonds. The van der Waals surface area contributed by atoms with E-state index in [0.717, 1.165) is 44.9 Å². The van der Waals surface area contributed by atoms with Gasteiger partial charge in [0.05, 0.1) is 39.9 Å². The molecule has 89 heavy (non-hydrogen) atoms. The summed E-state index contributed by atoms with van der Waals surface area (Å²) < 4.78 is 23.5. The molecule has 0 aliphatic rings. The molecule has 9 heteroatoms. The topological polar surface area (TPSA) is 108 Å². The minimum atomic E-state index is -4.62. The van der Waals surface area contributed by atoms with E-state index in [0.29, 0.717) is 17.4 Å². The fourth-order valence-corrected chi connectivity index (χ4v) is 13.2. The number of aliphatic hydroxyl groups excluding tert-OH is 1. The van der Waals surface area contributed by atoms with Gasteiger partial charge in [-0.05, 0) is 44.9 Å². The van der Waals surface area contributed by atoms with Crippen molar-refractivity contribution in [2.24, 2.45) is 0 Å². The normalized spacial score (nSPS) is 13.7. The Kier molecular flexibility index (Phi) is 70.0. The van der Waals surface area contributed by atoms with Crippen molar-refractivity contribution in [2.75, 3.05) is 40.9 Å². The van der Waals surface area contributed by atoms with Gasteiger partial charge in [-0.3, -0.25) is 9.36 Å². The number of phosphoric acid groups is 1. The zero-order valence-corrected chi connectivity index (χ0v) is 61.6. The van der Waals surface area contributed by atoms with E-state index in [1.807, 2.05) is 27.2 Å². The Morgan fingerprint density at radius 3 is 0.910 bits per heavy atom. The Hall–Kier alpha value is -1.28. The molecular formula is C80H157N2O6P. The predicted octanol–water partition coefficient (Wildman–Crippen LogP) is 25.3. The van der Waals surface area contributed by atoms with Gasteiger partial charge in [-0.25, -0.2) is 0 Å². The molecule has 0 aliphatic heterocycles. The van der Waals surface area contributed by atoms with Crippen LogP contribution in [0.2, 0.25) is 0 Å². The average molecular weight is 1270 g/mol. The van der Waals surface area contributed by atoms with E-state index in [1.54, 1.807) is 6.08 Å². The summed E-state index contributed by atoms with van der Waals surface area (Å²) in [5.74, 6) is -0.202. The zero-order chi connectivity index (χ0) is 64.8. The maximum atomic E-state index is 13.1. The lowest BCUT2D eigenvalue weighted by atomic mass is 10.0. The summed E-state index contributed by atoms with van der Waals surface area (Å²) in [4.78, 5) is 25.7. The van der Waals surface area contributed by atoms with Crippen molar-refractivity contribution in [1.82, 2.24) is 5.32 Å². The average Bonchev–Trinajstić information content (AvgIpc) is 3.65. The fourth-order valence-electron chi connectivity index (χ4n) is 12.4. The van der Waals surface area contributed by atoms with Crippen LogP contribution in [0.25, 0.3) is 0 Å². The third kappa shape index (κ3) is 74.0. The maximum absolute atomic E-state index is 13.1. The highest BCUT2D eigenvalue weighted by atomic mass is 31.2. The Morgan fingerprint density at radius 1 is 0.382 bits per heavy atom. The van der Waals surface area contributed by atoms with Gasteiger partial charge in [0.25, 0.3) is 7.82 Å². The summed E-state index contributed by atoms with van der Waals surface area (Å²) in [5.41, 5.74) is 0. The second kappa shape index (κ2) is 71.0. The Balaban J connectivity index is 3.95. The van der Waals surface area contributed by atoms with Gasteiger partial charge in [0, 0.05) is 6.42 Å². The number of carbonyl (C=O) groups is 1. The zero-order valence-electron chi connectivity index (χ0n) is 60.7. The number of hydrogen-bond donors (Lipinski definition) is 2. The van der Waals surface area contributed by atoms with Gasteiger partial charge < -0.3 is 28.8 Å². The van der Waals surface area contributed by atoms with Gasteiger partial charge in [-0.2, -0.15) is 0 Å². The quantitative estimate of drug-likeness (QED) is 0.0272. The lowest BCUT2D eigenvalue weighted by Crippen LogP contribution is -2.45. The van der Waals surface area contributed by atoms with Gasteiger partial charge in [-0.15, -0.1) is 0 Å². The summed E-state index contributed by atoms with van der Waals surface area (Å²) in [6.07, 6.45) is 96.2. The number of aliphatic hydroxyl groups is 1. The van der Waals surface area contributed by atoms with E-state index < -0.39 is 26.6 Å². The monoisotopic (exact) mass is 1270 g/mol. The van der Waals surface area contributed by atoms with Crippen LogP contribution in [0.4, 0.5) is 0 Å². The third-order valence-electron chi connectivity index (χ3n) is 18.6. The number of nitrogens with zero attached hydrogens (tertiary/aromatic N) is 1. The second-order valence-corrected chi connectivity index (χ2v) is 30.2. The molecule has 0 fully saturated rings. The number of amides is 1. The molecule has 0 rings (SSSR count). The molecule has 0 aromatic heterocycles. The van der Waals surface area contributed by atoms with Crippen molar-refractivity contribution in [3.63, 3.8) is 0 Å². The Labute approximate surface area is 557 Å². The molecule has 0 aliphatic carbocycles. The largest absolute Gasteiger partial charge is 0.756 e. The number of nitrogens with one attached hydrogen (secondary N) is 1. The van der Waals surface area contributed by atoms with E-state index in [9.17, 15) is 19.4 Å². The molecule has 528 valence electrons. The molecule has 0 aromatic rings. The standard InChI is InChI=1S/C80H157N2O6P/c1-6-8-10-12-14-16-18-20-22-24-26-28-30-32-34-35-36-37-38-39-40-41-42-43-44-45-46-48-50-52-54-56-58-60-62-64-66-68-70-72-74-80(84)81-78(77-88-89(85,86)87-76-75-82(3,4)5)79(83)73-71-69-67-65-63-61-59-57-55-53-51-49-47-33-31-29-27-25-23-21-19-17-15-13-11-9-7-2/h55,57,63,65,71,73,78-79,83H,6-54,56,58-62,64,66-70,72,74-77H2,1-5H3,(H-,81,84,85,86)/b57-55+,65-63+,73-71+. The van der Waals surface area contributed by atoms with Crippen molar-refractivity contribution in [3.05, 3.63) is 36.5 Å². The third-order valence-corrected chi connectivity index (χ3v) is 19.5. The molecular weight excluding hydrogens is 1120 g/mol. The van der Waals surface area contributed by atoms with Gasteiger partial charge >= 0.3 is 0 Å². The van der Waals surface area contributed by atoms with Crippen molar-refractivity contribution < 1.29 is 32.9 Å². The van der Waals surface area contributed by atoms with E-state index in [1.165, 1.54) is 353 Å². The molecule has 0 radical (unpaired) electrons. The molecule has 0 saturated carbocycles. The number of quaternary nitrogens is 1. The summed E-state index contributed by atoms with van der Waals surface area (Å²) in [7, 11) is 1.25. The van der Waals surface area contributed by atoms with E-state index in [-0.39, 0.29) is 12.5 Å². The van der Waals surface area contributed by atoms with Crippen LogP contribution in [0.15, 0.2) is 36.5 Å². The minimum Gasteiger partial charge on any atom is -0.756 e. The van der Waals surface area contributed by atoms with Crippen molar-refractivity contribution >= 4 is 13.7 Å². The highest BCUT2D eigenvalue weighted by molar-refractivity contribution is 7.45. The first-order valence-electron chi connectivity index (χ1n) is 39.9. The minimum absolute atomic E-state index is 0.00697. The van der Waals surface area contributed by atoms with Gasteiger partial charge in [0.1, 0.15) is 13.2 Å². The van der Waals surface area contributed by atoms with Crippen LogP contribution < -0.4 is 10.2 Å². The van der Waals surface area contributed by atoms with Crippen LogP contribution >= 0.6 is 7.82 Å². The van der Waals surface area contributed by atoms with Crippen LogP contribution in [-0.4, -0.2) is 68.5 Å². The number of carbonyl (C=O) groups excluding carboxylic acids is 1. The van der Waals surface area contributed by atoms with Gasteiger partial charge in [0.2, 0.25) is 5.91 Å². The van der Waals surface area contributed by atoms with Crippen LogP contribution in [0.1, 0.15) is 418 Å².